The summed E-state index contributed by atoms with van der Waals surface area (Å²) in [5, 5.41) is 5.33. The number of rotatable bonds is 3. The van der Waals surface area contributed by atoms with Crippen LogP contribution in [-0.2, 0) is 9.59 Å². The first-order chi connectivity index (χ1) is 13.2. The number of carbonyl (C=O) groups excluding carboxylic acids is 2. The number of hydrogen-bond donors (Lipinski definition) is 0. The molecule has 4 atom stereocenters. The second kappa shape index (κ2) is 5.33. The van der Waals surface area contributed by atoms with E-state index in [1.165, 1.54) is 25.5 Å². The smallest absolute Gasteiger partial charge is 0.254 e. The number of piperidine rings is 1. The highest BCUT2D eigenvalue weighted by atomic mass is 16.4. The van der Waals surface area contributed by atoms with Crippen molar-refractivity contribution in [2.45, 2.75) is 32.1 Å². The molecule has 27 heavy (non-hydrogen) atoms. The number of carbonyl (C=O) groups is 2. The van der Waals surface area contributed by atoms with Gasteiger partial charge in [0.15, 0.2) is 5.88 Å². The lowest BCUT2D eigenvalue weighted by Crippen LogP contribution is -2.30. The summed E-state index contributed by atoms with van der Waals surface area (Å²) in [7, 11) is 0. The largest absolute Gasteiger partial charge is 0.440 e. The molecule has 2 amide bonds. The predicted molar refractivity (Wildman–Crippen MR) is 99.0 cm³/mol. The van der Waals surface area contributed by atoms with Gasteiger partial charge in [-0.3, -0.25) is 9.59 Å². The zero-order valence-corrected chi connectivity index (χ0v) is 15.2. The van der Waals surface area contributed by atoms with Crippen LogP contribution in [0.2, 0.25) is 0 Å². The van der Waals surface area contributed by atoms with E-state index in [-0.39, 0.29) is 40.9 Å². The van der Waals surface area contributed by atoms with Crippen LogP contribution < -0.4 is 4.90 Å². The fourth-order valence-electron chi connectivity index (χ4n) is 5.99. The number of imide groups is 1. The summed E-state index contributed by atoms with van der Waals surface area (Å²) >= 11 is 0. The molecule has 0 radical (unpaired) electrons. The number of amides is 2. The molecule has 1 aromatic heterocycles. The maximum atomic E-state index is 12.9. The lowest BCUT2D eigenvalue weighted by Gasteiger charge is -2.25. The Hall–Kier alpha value is -2.37. The van der Waals surface area contributed by atoms with Crippen LogP contribution in [0, 0.1) is 29.1 Å². The zero-order chi connectivity index (χ0) is 18.2. The molecule has 140 valence electrons. The average Bonchev–Trinajstić information content (AvgIpc) is 2.98. The van der Waals surface area contributed by atoms with Crippen molar-refractivity contribution in [2.24, 2.45) is 34.2 Å². The van der Waals surface area contributed by atoms with E-state index in [1.54, 1.807) is 0 Å². The van der Waals surface area contributed by atoms with Crippen LogP contribution in [0.15, 0.2) is 33.8 Å². The predicted octanol–water partition coefficient (Wildman–Crippen LogP) is 2.80. The van der Waals surface area contributed by atoms with E-state index in [0.29, 0.717) is 5.76 Å². The number of furan rings is 1. The van der Waals surface area contributed by atoms with Crippen molar-refractivity contribution in [2.75, 3.05) is 18.0 Å². The highest BCUT2D eigenvalue weighted by Gasteiger charge is 2.73. The van der Waals surface area contributed by atoms with Gasteiger partial charge >= 0.3 is 0 Å². The number of allylic oxidation sites excluding steroid dienone is 2. The quantitative estimate of drug-likeness (QED) is 0.469. The van der Waals surface area contributed by atoms with Gasteiger partial charge in [0.2, 0.25) is 0 Å². The number of nitrogens with zero attached hydrogens (tertiary/aromatic N) is 3. The minimum absolute atomic E-state index is 0.132. The molecule has 6 heteroatoms. The monoisotopic (exact) mass is 365 g/mol. The zero-order valence-electron chi connectivity index (χ0n) is 15.2. The minimum Gasteiger partial charge on any atom is -0.440 e. The van der Waals surface area contributed by atoms with Gasteiger partial charge < -0.3 is 9.32 Å². The Kier molecular flexibility index (Phi) is 3.09. The van der Waals surface area contributed by atoms with Crippen LogP contribution in [0.5, 0.6) is 0 Å². The first-order valence-corrected chi connectivity index (χ1v) is 10.1. The highest BCUT2D eigenvalue weighted by molar-refractivity contribution is 6.07. The van der Waals surface area contributed by atoms with E-state index in [9.17, 15) is 9.59 Å². The van der Waals surface area contributed by atoms with Crippen molar-refractivity contribution >= 4 is 23.9 Å². The molecule has 4 unspecified atom stereocenters. The Morgan fingerprint density at radius 2 is 1.67 bits per heavy atom. The third-order valence-electron chi connectivity index (χ3n) is 7.41. The van der Waals surface area contributed by atoms with E-state index in [1.807, 2.05) is 12.1 Å². The Morgan fingerprint density at radius 1 is 1.00 bits per heavy atom. The lowest BCUT2D eigenvalue weighted by molar-refractivity contribution is -0.141. The van der Waals surface area contributed by atoms with Crippen molar-refractivity contribution in [3.8, 4) is 0 Å². The summed E-state index contributed by atoms with van der Waals surface area (Å²) < 4.78 is 5.86. The van der Waals surface area contributed by atoms with Gasteiger partial charge in [0, 0.05) is 19.2 Å². The Balaban J connectivity index is 1.21. The van der Waals surface area contributed by atoms with Crippen LogP contribution in [0.4, 0.5) is 5.88 Å². The van der Waals surface area contributed by atoms with Crippen LogP contribution in [0.3, 0.4) is 0 Å². The van der Waals surface area contributed by atoms with Crippen LogP contribution in [-0.4, -0.2) is 36.1 Å². The third-order valence-corrected chi connectivity index (χ3v) is 7.41. The number of anilines is 1. The molecule has 0 N–H and O–H groups in total. The van der Waals surface area contributed by atoms with Crippen molar-refractivity contribution in [3.63, 3.8) is 0 Å². The van der Waals surface area contributed by atoms with Crippen molar-refractivity contribution in [3.05, 3.63) is 30.0 Å². The highest BCUT2D eigenvalue weighted by Crippen LogP contribution is 2.73. The van der Waals surface area contributed by atoms with E-state index >= 15 is 0 Å². The fraction of sp³-hybridized carbons (Fsp3) is 0.571. The molecule has 6 rings (SSSR count). The summed E-state index contributed by atoms with van der Waals surface area (Å²) in [4.78, 5) is 28.0. The summed E-state index contributed by atoms with van der Waals surface area (Å²) in [5.74, 6) is 1.22. The molecule has 1 aromatic rings. The number of fused-ring (bicyclic) bond motifs is 3. The summed E-state index contributed by atoms with van der Waals surface area (Å²) in [6.45, 7) is 2.02. The molecular formula is C21H23N3O3. The minimum atomic E-state index is -0.201. The van der Waals surface area contributed by atoms with Gasteiger partial charge in [-0.1, -0.05) is 12.2 Å². The fourth-order valence-corrected chi connectivity index (χ4v) is 5.99. The molecule has 6 nitrogen and oxygen atoms in total. The standard InChI is InChI=1S/C21H23N3O3/c25-19-17-14-5-6-15(21(14)8-9-21)18(17)20(26)24(19)22-12-13-4-7-16(27-13)23-10-2-1-3-11-23/h4-7,12,14-15,17-18H,1-3,8-11H2/b22-12-. The number of hydrazone groups is 1. The van der Waals surface area contributed by atoms with Gasteiger partial charge in [-0.05, 0) is 55.4 Å². The molecule has 2 saturated heterocycles. The topological polar surface area (TPSA) is 66.1 Å². The maximum absolute atomic E-state index is 12.9. The first-order valence-electron chi connectivity index (χ1n) is 10.1. The van der Waals surface area contributed by atoms with E-state index < -0.39 is 0 Å². The van der Waals surface area contributed by atoms with E-state index in [4.69, 9.17) is 4.42 Å². The molecule has 3 heterocycles. The van der Waals surface area contributed by atoms with Gasteiger partial charge in [-0.15, -0.1) is 0 Å². The van der Waals surface area contributed by atoms with Crippen molar-refractivity contribution in [1.29, 1.82) is 0 Å². The normalized spacial score (nSPS) is 35.9. The molecule has 2 saturated carbocycles. The molecule has 3 aliphatic carbocycles. The molecule has 2 bridgehead atoms. The van der Waals surface area contributed by atoms with Gasteiger partial charge in [-0.25, -0.2) is 0 Å². The van der Waals surface area contributed by atoms with Gasteiger partial charge in [0.25, 0.3) is 11.8 Å². The van der Waals surface area contributed by atoms with Crippen molar-refractivity contribution in [1.82, 2.24) is 5.01 Å². The Labute approximate surface area is 157 Å². The molecule has 5 aliphatic rings. The Bertz CT molecular complexity index is 841. The second-order valence-electron chi connectivity index (χ2n) is 8.68. The SMILES string of the molecule is O=C1C2C(C(=O)N1/N=C\c1ccc(N3CCCCC3)o1)C1C=CC2C12CC2. The van der Waals surface area contributed by atoms with E-state index in [0.717, 1.165) is 36.8 Å². The number of hydrogen-bond acceptors (Lipinski definition) is 5. The summed E-state index contributed by atoms with van der Waals surface area (Å²) in [6.07, 6.45) is 11.8. The molecule has 2 aliphatic heterocycles. The summed E-state index contributed by atoms with van der Waals surface area (Å²) in [6, 6.07) is 3.79. The Morgan fingerprint density at radius 3 is 2.30 bits per heavy atom. The van der Waals surface area contributed by atoms with Crippen LogP contribution in [0.1, 0.15) is 37.9 Å². The van der Waals surface area contributed by atoms with Gasteiger partial charge in [0.05, 0.1) is 18.1 Å². The average molecular weight is 365 g/mol. The van der Waals surface area contributed by atoms with E-state index in [2.05, 4.69) is 22.2 Å². The van der Waals surface area contributed by atoms with Gasteiger partial charge in [-0.2, -0.15) is 10.1 Å². The second-order valence-corrected chi connectivity index (χ2v) is 8.68. The van der Waals surface area contributed by atoms with Crippen molar-refractivity contribution < 1.29 is 14.0 Å². The molecule has 4 fully saturated rings. The maximum Gasteiger partial charge on any atom is 0.254 e. The third kappa shape index (κ3) is 2.04. The summed E-state index contributed by atoms with van der Waals surface area (Å²) in [5.41, 5.74) is 0.223. The molecule has 0 aromatic carbocycles. The van der Waals surface area contributed by atoms with Gasteiger partial charge in [0.1, 0.15) is 5.76 Å². The van der Waals surface area contributed by atoms with Crippen LogP contribution >= 0.6 is 0 Å². The molecular weight excluding hydrogens is 342 g/mol. The lowest BCUT2D eigenvalue weighted by atomic mass is 9.85. The van der Waals surface area contributed by atoms with Crippen LogP contribution in [0.25, 0.3) is 0 Å². The first kappa shape index (κ1) is 15.7. The molecule has 1 spiro atoms.